The molecule has 2 aliphatic rings. The summed E-state index contributed by atoms with van der Waals surface area (Å²) in [6.07, 6.45) is 1.14. The highest BCUT2D eigenvalue weighted by molar-refractivity contribution is 7.89. The minimum Gasteiger partial charge on any atom is -0.369 e. The minimum atomic E-state index is -3.76. The molecule has 1 N–H and O–H groups in total. The van der Waals surface area contributed by atoms with Gasteiger partial charge in [-0.3, -0.25) is 4.79 Å². The summed E-state index contributed by atoms with van der Waals surface area (Å²) in [4.78, 5) is 17.7. The number of hydrogen-bond donors (Lipinski definition) is 1. The summed E-state index contributed by atoms with van der Waals surface area (Å²) in [5.74, 6) is -0.303. The average molecular weight is 463 g/mol. The van der Waals surface area contributed by atoms with Gasteiger partial charge < -0.3 is 15.1 Å². The smallest absolute Gasteiger partial charge is 0.243 e. The highest BCUT2D eigenvalue weighted by Gasteiger charge is 2.39. The molecule has 0 aliphatic carbocycles. The lowest BCUT2D eigenvalue weighted by Crippen LogP contribution is -2.44. The summed E-state index contributed by atoms with van der Waals surface area (Å²) in [6, 6.07) is 13.1. The number of rotatable bonds is 5. The maximum Gasteiger partial charge on any atom is 0.243 e. The Morgan fingerprint density at radius 3 is 2.26 bits per heavy atom. The molecule has 2 heterocycles. The Bertz CT molecular complexity index is 1020. The molecular formula is C22H27ClN4O3S. The molecule has 2 fully saturated rings. The summed E-state index contributed by atoms with van der Waals surface area (Å²) < 4.78 is 27.4. The van der Waals surface area contributed by atoms with Crippen LogP contribution in [0.4, 0.5) is 11.4 Å². The Balaban J connectivity index is 1.43. The van der Waals surface area contributed by atoms with Crippen LogP contribution >= 0.6 is 11.6 Å². The molecule has 1 atom stereocenters. The number of amides is 1. The molecule has 0 bridgehead atoms. The van der Waals surface area contributed by atoms with E-state index >= 15 is 0 Å². The van der Waals surface area contributed by atoms with E-state index in [1.807, 2.05) is 24.3 Å². The summed E-state index contributed by atoms with van der Waals surface area (Å²) in [5.41, 5.74) is 1.79. The number of benzene rings is 2. The average Bonchev–Trinajstić information content (AvgIpc) is 3.26. The number of likely N-dealkylation sites (N-methyl/N-ethyl adjacent to an activating group) is 1. The van der Waals surface area contributed by atoms with Crippen molar-refractivity contribution in [1.82, 2.24) is 9.21 Å². The Hall–Kier alpha value is -2.13. The number of sulfonamides is 1. The largest absolute Gasteiger partial charge is 0.369 e. The Labute approximate surface area is 188 Å². The van der Waals surface area contributed by atoms with Crippen LogP contribution in [0.3, 0.4) is 0 Å². The van der Waals surface area contributed by atoms with Crippen molar-refractivity contribution in [2.24, 2.45) is 0 Å². The monoisotopic (exact) mass is 462 g/mol. The van der Waals surface area contributed by atoms with Crippen molar-refractivity contribution < 1.29 is 13.2 Å². The molecule has 166 valence electrons. The highest BCUT2D eigenvalue weighted by atomic mass is 35.5. The van der Waals surface area contributed by atoms with Crippen LogP contribution in [-0.4, -0.2) is 69.3 Å². The predicted octanol–water partition coefficient (Wildman–Crippen LogP) is 2.88. The first-order valence-electron chi connectivity index (χ1n) is 10.5. The zero-order valence-electron chi connectivity index (χ0n) is 17.5. The third-order valence-electron chi connectivity index (χ3n) is 5.93. The van der Waals surface area contributed by atoms with Gasteiger partial charge in [-0.2, -0.15) is 4.31 Å². The van der Waals surface area contributed by atoms with Crippen molar-refractivity contribution in [3.05, 3.63) is 53.6 Å². The van der Waals surface area contributed by atoms with Crippen LogP contribution in [0.5, 0.6) is 0 Å². The number of carbonyl (C=O) groups excluding carboxylic acids is 1. The molecule has 0 radical (unpaired) electrons. The lowest BCUT2D eigenvalue weighted by Gasteiger charge is -2.34. The van der Waals surface area contributed by atoms with Gasteiger partial charge in [-0.25, -0.2) is 8.42 Å². The van der Waals surface area contributed by atoms with Crippen LogP contribution in [0.2, 0.25) is 5.02 Å². The number of anilines is 2. The summed E-state index contributed by atoms with van der Waals surface area (Å²) in [6.45, 7) is 4.32. The molecule has 4 rings (SSSR count). The van der Waals surface area contributed by atoms with Crippen LogP contribution < -0.4 is 10.2 Å². The van der Waals surface area contributed by atoms with Gasteiger partial charge in [0.15, 0.2) is 0 Å². The SMILES string of the molecule is CN1CCN(c2ccc(NC(=O)[C@@H]3CCCN3S(=O)(=O)c3ccc(Cl)cc3)cc2)CC1. The van der Waals surface area contributed by atoms with Crippen LogP contribution in [0.25, 0.3) is 0 Å². The number of nitrogens with zero attached hydrogens (tertiary/aromatic N) is 3. The van der Waals surface area contributed by atoms with E-state index in [-0.39, 0.29) is 10.8 Å². The molecule has 2 aromatic rings. The Morgan fingerprint density at radius 2 is 1.61 bits per heavy atom. The second-order valence-corrected chi connectivity index (χ2v) is 10.4. The number of nitrogens with one attached hydrogen (secondary N) is 1. The van der Waals surface area contributed by atoms with Crippen molar-refractivity contribution >= 4 is 38.9 Å². The predicted molar refractivity (Wildman–Crippen MR) is 123 cm³/mol. The Kier molecular flexibility index (Phi) is 6.52. The van der Waals surface area contributed by atoms with Gasteiger partial charge in [0, 0.05) is 49.1 Å². The van der Waals surface area contributed by atoms with Crippen molar-refractivity contribution in [3.8, 4) is 0 Å². The second-order valence-electron chi connectivity index (χ2n) is 8.05. The van der Waals surface area contributed by atoms with Gasteiger partial charge in [0.25, 0.3) is 0 Å². The van der Waals surface area contributed by atoms with Gasteiger partial charge in [-0.05, 0) is 68.4 Å². The molecule has 0 spiro atoms. The quantitative estimate of drug-likeness (QED) is 0.739. The Morgan fingerprint density at radius 1 is 0.968 bits per heavy atom. The molecule has 1 amide bonds. The maximum atomic E-state index is 13.0. The summed E-state index contributed by atoms with van der Waals surface area (Å²) >= 11 is 5.88. The molecule has 31 heavy (non-hydrogen) atoms. The van der Waals surface area contributed by atoms with E-state index in [2.05, 4.69) is 22.2 Å². The van der Waals surface area contributed by atoms with E-state index in [1.165, 1.54) is 16.4 Å². The first-order valence-corrected chi connectivity index (χ1v) is 12.3. The molecule has 9 heteroatoms. The number of carbonyl (C=O) groups is 1. The first kappa shape index (κ1) is 22.1. The van der Waals surface area contributed by atoms with Gasteiger partial charge in [0.05, 0.1) is 4.90 Å². The van der Waals surface area contributed by atoms with Crippen LogP contribution in [0.1, 0.15) is 12.8 Å². The van der Waals surface area contributed by atoms with Gasteiger partial charge in [-0.1, -0.05) is 11.6 Å². The fraction of sp³-hybridized carbons (Fsp3) is 0.409. The standard InChI is InChI=1S/C22H27ClN4O3S/c1-25-13-15-26(16-14-25)19-8-6-18(7-9-19)24-22(28)21-3-2-12-27(21)31(29,30)20-10-4-17(23)5-11-20/h4-11,21H,2-3,12-16H2,1H3,(H,24,28)/t21-/m0/s1. The summed E-state index contributed by atoms with van der Waals surface area (Å²) in [7, 11) is -1.64. The fourth-order valence-corrected chi connectivity index (χ4v) is 5.86. The number of hydrogen-bond acceptors (Lipinski definition) is 5. The first-order chi connectivity index (χ1) is 14.8. The van der Waals surface area contributed by atoms with Crippen LogP contribution in [0, 0.1) is 0 Å². The van der Waals surface area contributed by atoms with E-state index < -0.39 is 16.1 Å². The topological polar surface area (TPSA) is 73.0 Å². The molecule has 2 saturated heterocycles. The molecular weight excluding hydrogens is 436 g/mol. The highest BCUT2D eigenvalue weighted by Crippen LogP contribution is 2.28. The van der Waals surface area contributed by atoms with Crippen molar-refractivity contribution in [3.63, 3.8) is 0 Å². The van der Waals surface area contributed by atoms with Gasteiger partial charge >= 0.3 is 0 Å². The molecule has 2 aromatic carbocycles. The van der Waals surface area contributed by atoms with Crippen molar-refractivity contribution in [2.75, 3.05) is 50.0 Å². The normalized spacial score (nSPS) is 20.7. The number of halogens is 1. The lowest BCUT2D eigenvalue weighted by molar-refractivity contribution is -0.119. The third-order valence-corrected chi connectivity index (χ3v) is 8.10. The van der Waals surface area contributed by atoms with Gasteiger partial charge in [-0.15, -0.1) is 0 Å². The van der Waals surface area contributed by atoms with Gasteiger partial charge in [0.1, 0.15) is 6.04 Å². The van der Waals surface area contributed by atoms with E-state index in [0.717, 1.165) is 31.9 Å². The maximum absolute atomic E-state index is 13.0. The third kappa shape index (κ3) is 4.87. The van der Waals surface area contributed by atoms with E-state index in [0.29, 0.717) is 30.1 Å². The molecule has 0 aromatic heterocycles. The van der Waals surface area contributed by atoms with Crippen LogP contribution in [0.15, 0.2) is 53.4 Å². The van der Waals surface area contributed by atoms with E-state index in [4.69, 9.17) is 11.6 Å². The molecule has 2 aliphatic heterocycles. The van der Waals surface area contributed by atoms with Crippen molar-refractivity contribution in [2.45, 2.75) is 23.8 Å². The number of piperazine rings is 1. The zero-order valence-corrected chi connectivity index (χ0v) is 19.1. The van der Waals surface area contributed by atoms with Crippen molar-refractivity contribution in [1.29, 1.82) is 0 Å². The molecule has 7 nitrogen and oxygen atoms in total. The molecule has 0 unspecified atom stereocenters. The van der Waals surface area contributed by atoms with E-state index in [9.17, 15) is 13.2 Å². The van der Waals surface area contributed by atoms with E-state index in [1.54, 1.807) is 12.1 Å². The molecule has 0 saturated carbocycles. The van der Waals surface area contributed by atoms with Gasteiger partial charge in [0.2, 0.25) is 15.9 Å². The zero-order chi connectivity index (χ0) is 22.0. The fourth-order valence-electron chi connectivity index (χ4n) is 4.08. The minimum absolute atomic E-state index is 0.146. The second kappa shape index (κ2) is 9.16. The van der Waals surface area contributed by atoms with Crippen LogP contribution in [-0.2, 0) is 14.8 Å². The summed E-state index contributed by atoms with van der Waals surface area (Å²) in [5, 5.41) is 3.36. The lowest BCUT2D eigenvalue weighted by atomic mass is 10.2.